The van der Waals surface area contributed by atoms with Gasteiger partial charge in [0.25, 0.3) is 5.91 Å². The summed E-state index contributed by atoms with van der Waals surface area (Å²) in [6.07, 6.45) is 1.64. The van der Waals surface area contributed by atoms with Crippen LogP contribution in [0.3, 0.4) is 0 Å². The standard InChI is InChI=1S/C14H16N2O3/c17-12-14(19)8-4-9-16(14)13(18)15(12)10-7-11-5-2-1-3-6-11/h1-3,5-6,19H,4,7-10H2/t14-/m1/s1. The van der Waals surface area contributed by atoms with Gasteiger partial charge in [-0.1, -0.05) is 30.3 Å². The Bertz CT molecular complexity index is 517. The summed E-state index contributed by atoms with van der Waals surface area (Å²) >= 11 is 0. The monoisotopic (exact) mass is 260 g/mol. The van der Waals surface area contributed by atoms with E-state index in [1.165, 1.54) is 9.80 Å². The first kappa shape index (κ1) is 12.2. The first-order valence-corrected chi connectivity index (χ1v) is 6.53. The predicted molar refractivity (Wildman–Crippen MR) is 68.1 cm³/mol. The van der Waals surface area contributed by atoms with Crippen LogP contribution in [-0.2, 0) is 11.2 Å². The van der Waals surface area contributed by atoms with Crippen molar-refractivity contribution < 1.29 is 14.7 Å². The molecule has 100 valence electrons. The number of carbonyl (C=O) groups is 2. The lowest BCUT2D eigenvalue weighted by molar-refractivity contribution is -0.149. The fourth-order valence-corrected chi connectivity index (χ4v) is 2.81. The number of hydrogen-bond acceptors (Lipinski definition) is 3. The minimum atomic E-state index is -1.58. The molecular formula is C14H16N2O3. The van der Waals surface area contributed by atoms with Gasteiger partial charge in [0.2, 0.25) is 5.72 Å². The van der Waals surface area contributed by atoms with Crippen LogP contribution in [0.4, 0.5) is 4.79 Å². The average molecular weight is 260 g/mol. The molecule has 0 aliphatic carbocycles. The van der Waals surface area contributed by atoms with Crippen molar-refractivity contribution in [3.63, 3.8) is 0 Å². The Kier molecular flexibility index (Phi) is 2.78. The third-order valence-electron chi connectivity index (χ3n) is 3.87. The van der Waals surface area contributed by atoms with Crippen LogP contribution in [0, 0.1) is 0 Å². The van der Waals surface area contributed by atoms with Gasteiger partial charge in [-0.3, -0.25) is 14.6 Å². The van der Waals surface area contributed by atoms with Gasteiger partial charge < -0.3 is 5.11 Å². The van der Waals surface area contributed by atoms with Crippen molar-refractivity contribution in [2.75, 3.05) is 13.1 Å². The number of fused-ring (bicyclic) bond motifs is 1. The Balaban J connectivity index is 1.73. The molecule has 3 amide bonds. The van der Waals surface area contributed by atoms with Gasteiger partial charge in [-0.2, -0.15) is 0 Å². The van der Waals surface area contributed by atoms with Crippen LogP contribution in [0.1, 0.15) is 18.4 Å². The number of urea groups is 1. The summed E-state index contributed by atoms with van der Waals surface area (Å²) in [5.41, 5.74) is -0.504. The van der Waals surface area contributed by atoms with Crippen LogP contribution in [0.15, 0.2) is 30.3 Å². The van der Waals surface area contributed by atoms with Crippen molar-refractivity contribution in [1.29, 1.82) is 0 Å². The number of rotatable bonds is 3. The molecule has 2 aliphatic heterocycles. The Morgan fingerprint density at radius 3 is 2.63 bits per heavy atom. The number of benzene rings is 1. The molecule has 1 atom stereocenters. The van der Waals surface area contributed by atoms with Gasteiger partial charge in [-0.25, -0.2) is 4.79 Å². The van der Waals surface area contributed by atoms with Gasteiger partial charge in [0.1, 0.15) is 0 Å². The van der Waals surface area contributed by atoms with E-state index in [4.69, 9.17) is 0 Å². The van der Waals surface area contributed by atoms with Crippen LogP contribution < -0.4 is 0 Å². The maximum Gasteiger partial charge on any atom is 0.329 e. The Labute approximate surface area is 111 Å². The predicted octanol–water partition coefficient (Wildman–Crippen LogP) is 0.976. The van der Waals surface area contributed by atoms with E-state index in [2.05, 4.69) is 0 Å². The van der Waals surface area contributed by atoms with Gasteiger partial charge in [0.15, 0.2) is 0 Å². The van der Waals surface area contributed by atoms with Crippen molar-refractivity contribution in [3.8, 4) is 0 Å². The molecule has 0 spiro atoms. The molecule has 2 aliphatic rings. The second kappa shape index (κ2) is 4.35. The van der Waals surface area contributed by atoms with Crippen molar-refractivity contribution in [1.82, 2.24) is 9.80 Å². The smallest absolute Gasteiger partial charge is 0.329 e. The lowest BCUT2D eigenvalue weighted by Gasteiger charge is -2.20. The Morgan fingerprint density at radius 2 is 1.95 bits per heavy atom. The molecular weight excluding hydrogens is 244 g/mol. The zero-order valence-corrected chi connectivity index (χ0v) is 10.6. The van der Waals surface area contributed by atoms with Crippen molar-refractivity contribution in [2.24, 2.45) is 0 Å². The van der Waals surface area contributed by atoms with Gasteiger partial charge in [-0.15, -0.1) is 0 Å². The largest absolute Gasteiger partial charge is 0.363 e. The molecule has 2 heterocycles. The van der Waals surface area contributed by atoms with E-state index in [1.54, 1.807) is 0 Å². The molecule has 5 heteroatoms. The molecule has 1 aromatic carbocycles. The number of aliphatic hydroxyl groups is 1. The van der Waals surface area contributed by atoms with Crippen LogP contribution in [0.5, 0.6) is 0 Å². The van der Waals surface area contributed by atoms with E-state index < -0.39 is 11.6 Å². The number of imide groups is 1. The lowest BCUT2D eigenvalue weighted by atomic mass is 10.1. The van der Waals surface area contributed by atoms with Gasteiger partial charge in [-0.05, 0) is 18.4 Å². The average Bonchev–Trinajstić information content (AvgIpc) is 2.89. The molecule has 1 aromatic rings. The van der Waals surface area contributed by atoms with Crippen molar-refractivity contribution in [2.45, 2.75) is 25.0 Å². The highest BCUT2D eigenvalue weighted by atomic mass is 16.3. The molecule has 5 nitrogen and oxygen atoms in total. The van der Waals surface area contributed by atoms with E-state index in [0.717, 1.165) is 5.56 Å². The zero-order valence-electron chi connectivity index (χ0n) is 10.6. The van der Waals surface area contributed by atoms with Gasteiger partial charge >= 0.3 is 6.03 Å². The highest BCUT2D eigenvalue weighted by Gasteiger charge is 2.58. The second-order valence-electron chi connectivity index (χ2n) is 5.05. The number of nitrogens with zero attached hydrogens (tertiary/aromatic N) is 2. The minimum Gasteiger partial charge on any atom is -0.363 e. The quantitative estimate of drug-likeness (QED) is 0.824. The molecule has 3 rings (SSSR count). The molecule has 0 radical (unpaired) electrons. The van der Waals surface area contributed by atoms with E-state index >= 15 is 0 Å². The Morgan fingerprint density at radius 1 is 1.21 bits per heavy atom. The summed E-state index contributed by atoms with van der Waals surface area (Å²) in [5.74, 6) is -0.467. The summed E-state index contributed by atoms with van der Waals surface area (Å²) in [5, 5.41) is 10.3. The normalized spacial score (nSPS) is 26.2. The fraction of sp³-hybridized carbons (Fsp3) is 0.429. The molecule has 0 saturated carbocycles. The van der Waals surface area contributed by atoms with Crippen LogP contribution in [0.25, 0.3) is 0 Å². The fourth-order valence-electron chi connectivity index (χ4n) is 2.81. The van der Waals surface area contributed by atoms with E-state index in [1.807, 2.05) is 30.3 Å². The van der Waals surface area contributed by atoms with Gasteiger partial charge in [0.05, 0.1) is 0 Å². The number of amides is 3. The molecule has 2 saturated heterocycles. The summed E-state index contributed by atoms with van der Waals surface area (Å²) in [6.45, 7) is 0.781. The van der Waals surface area contributed by atoms with Gasteiger partial charge in [0, 0.05) is 19.5 Å². The summed E-state index contributed by atoms with van der Waals surface area (Å²) < 4.78 is 0. The molecule has 0 aromatic heterocycles. The first-order valence-electron chi connectivity index (χ1n) is 6.53. The molecule has 0 unspecified atom stereocenters. The van der Waals surface area contributed by atoms with Crippen LogP contribution >= 0.6 is 0 Å². The maximum atomic E-state index is 12.2. The summed E-state index contributed by atoms with van der Waals surface area (Å²) in [4.78, 5) is 26.7. The molecule has 1 N–H and O–H groups in total. The number of hydrogen-bond donors (Lipinski definition) is 1. The first-order chi connectivity index (χ1) is 9.13. The topological polar surface area (TPSA) is 60.9 Å². The van der Waals surface area contributed by atoms with Crippen LogP contribution in [-0.4, -0.2) is 45.7 Å². The van der Waals surface area contributed by atoms with Crippen molar-refractivity contribution >= 4 is 11.9 Å². The van der Waals surface area contributed by atoms with E-state index in [9.17, 15) is 14.7 Å². The Hall–Kier alpha value is -1.88. The molecule has 19 heavy (non-hydrogen) atoms. The highest BCUT2D eigenvalue weighted by Crippen LogP contribution is 2.35. The second-order valence-corrected chi connectivity index (χ2v) is 5.05. The summed E-state index contributed by atoms with van der Waals surface area (Å²) in [7, 11) is 0. The number of carbonyl (C=O) groups excluding carboxylic acids is 2. The SMILES string of the molecule is O=C1N(CCc2ccccc2)C(=O)[C@]2(O)CCCN12. The molecule has 2 fully saturated rings. The zero-order chi connectivity index (χ0) is 13.5. The third kappa shape index (κ3) is 1.81. The summed E-state index contributed by atoms with van der Waals surface area (Å²) in [6, 6.07) is 9.33. The van der Waals surface area contributed by atoms with E-state index in [-0.39, 0.29) is 6.03 Å². The molecule has 0 bridgehead atoms. The van der Waals surface area contributed by atoms with Crippen LogP contribution in [0.2, 0.25) is 0 Å². The lowest BCUT2D eigenvalue weighted by Crippen LogP contribution is -2.44. The minimum absolute atomic E-state index is 0.320. The maximum absolute atomic E-state index is 12.2. The van der Waals surface area contributed by atoms with Crippen molar-refractivity contribution in [3.05, 3.63) is 35.9 Å². The van der Waals surface area contributed by atoms with E-state index in [0.29, 0.717) is 32.4 Å². The third-order valence-corrected chi connectivity index (χ3v) is 3.87. The highest BCUT2D eigenvalue weighted by molar-refractivity contribution is 6.06.